The highest BCUT2D eigenvalue weighted by atomic mass is 16.5. The Morgan fingerprint density at radius 3 is 2.77 bits per heavy atom. The molecule has 3 rings (SSSR count). The summed E-state index contributed by atoms with van der Waals surface area (Å²) in [5, 5.41) is 5.62. The van der Waals surface area contributed by atoms with Crippen molar-refractivity contribution in [3.63, 3.8) is 0 Å². The van der Waals surface area contributed by atoms with E-state index in [0.717, 1.165) is 5.56 Å². The molecule has 1 unspecified atom stereocenters. The van der Waals surface area contributed by atoms with Crippen LogP contribution in [0.1, 0.15) is 12.0 Å². The minimum absolute atomic E-state index is 0.127. The van der Waals surface area contributed by atoms with Gasteiger partial charge in [-0.2, -0.15) is 0 Å². The van der Waals surface area contributed by atoms with E-state index >= 15 is 0 Å². The molecule has 0 bridgehead atoms. The van der Waals surface area contributed by atoms with Crippen molar-refractivity contribution in [2.24, 2.45) is 5.92 Å². The number of nitrogens with one attached hydrogen (secondary N) is 2. The second kappa shape index (κ2) is 8.38. The Hall–Kier alpha value is -3.02. The number of carbonyl (C=O) groups excluding carboxylic acids is 2. The number of methoxy groups -OCH3 is 1. The topological polar surface area (TPSA) is 70.7 Å². The van der Waals surface area contributed by atoms with Gasteiger partial charge in [-0.25, -0.2) is 4.79 Å². The van der Waals surface area contributed by atoms with Gasteiger partial charge in [0.05, 0.1) is 7.11 Å². The number of ether oxygens (including phenoxy) is 1. The third-order valence-electron chi connectivity index (χ3n) is 4.39. The molecule has 1 saturated heterocycles. The number of carbonyl (C=O) groups is 2. The van der Waals surface area contributed by atoms with E-state index in [9.17, 15) is 9.59 Å². The van der Waals surface area contributed by atoms with E-state index in [4.69, 9.17) is 4.74 Å². The number of hydrogen-bond donors (Lipinski definition) is 2. The van der Waals surface area contributed by atoms with E-state index in [2.05, 4.69) is 10.6 Å². The molecule has 6 heteroatoms. The highest BCUT2D eigenvalue weighted by Gasteiger charge is 2.29. The average molecular weight is 353 g/mol. The minimum Gasteiger partial charge on any atom is -0.497 e. The number of likely N-dealkylation sites (tertiary alicyclic amines) is 1. The molecule has 2 aromatic rings. The van der Waals surface area contributed by atoms with Crippen LogP contribution in [0.3, 0.4) is 0 Å². The Morgan fingerprint density at radius 1 is 1.19 bits per heavy atom. The molecule has 26 heavy (non-hydrogen) atoms. The lowest BCUT2D eigenvalue weighted by atomic mass is 10.1. The standard InChI is InChI=1S/C20H23N3O3/c1-26-18-9-5-8-17(11-18)22-20(25)21-12-16-10-19(24)23(14-16)13-15-6-3-2-4-7-15/h2-9,11,16H,10,12-14H2,1H3,(H2,21,22,25). The molecular formula is C20H23N3O3. The van der Waals surface area contributed by atoms with E-state index in [0.29, 0.717) is 37.5 Å². The molecule has 0 saturated carbocycles. The molecule has 0 aromatic heterocycles. The van der Waals surface area contributed by atoms with Gasteiger partial charge in [0.25, 0.3) is 0 Å². The summed E-state index contributed by atoms with van der Waals surface area (Å²) in [5.41, 5.74) is 1.78. The van der Waals surface area contributed by atoms with E-state index < -0.39 is 0 Å². The molecule has 1 aliphatic heterocycles. The monoisotopic (exact) mass is 353 g/mol. The Labute approximate surface area is 153 Å². The van der Waals surface area contributed by atoms with Gasteiger partial charge in [-0.1, -0.05) is 36.4 Å². The van der Waals surface area contributed by atoms with Crippen LogP contribution in [-0.4, -0.2) is 37.0 Å². The van der Waals surface area contributed by atoms with Gasteiger partial charge in [0.1, 0.15) is 5.75 Å². The molecular weight excluding hydrogens is 330 g/mol. The summed E-state index contributed by atoms with van der Waals surface area (Å²) < 4.78 is 5.14. The molecule has 0 radical (unpaired) electrons. The van der Waals surface area contributed by atoms with Crippen molar-refractivity contribution in [2.45, 2.75) is 13.0 Å². The van der Waals surface area contributed by atoms with Gasteiger partial charge in [0.15, 0.2) is 0 Å². The third kappa shape index (κ3) is 4.75. The van der Waals surface area contributed by atoms with Crippen LogP contribution in [0, 0.1) is 5.92 Å². The van der Waals surface area contributed by atoms with Crippen molar-refractivity contribution in [1.82, 2.24) is 10.2 Å². The zero-order chi connectivity index (χ0) is 18.4. The smallest absolute Gasteiger partial charge is 0.319 e. The van der Waals surface area contributed by atoms with Crippen LogP contribution < -0.4 is 15.4 Å². The summed E-state index contributed by atoms with van der Waals surface area (Å²) in [4.78, 5) is 26.1. The number of hydrogen-bond acceptors (Lipinski definition) is 3. The molecule has 1 fully saturated rings. The Morgan fingerprint density at radius 2 is 2.00 bits per heavy atom. The van der Waals surface area contributed by atoms with Gasteiger partial charge >= 0.3 is 6.03 Å². The van der Waals surface area contributed by atoms with Gasteiger partial charge in [0.2, 0.25) is 5.91 Å². The van der Waals surface area contributed by atoms with Gasteiger partial charge in [-0.3, -0.25) is 4.79 Å². The van der Waals surface area contributed by atoms with Gasteiger partial charge < -0.3 is 20.3 Å². The highest BCUT2D eigenvalue weighted by Crippen LogP contribution is 2.20. The molecule has 0 aliphatic carbocycles. The number of amides is 3. The first-order valence-corrected chi connectivity index (χ1v) is 8.64. The number of nitrogens with zero attached hydrogens (tertiary/aromatic N) is 1. The Kier molecular flexibility index (Phi) is 5.73. The van der Waals surface area contributed by atoms with Crippen LogP contribution in [0.25, 0.3) is 0 Å². The van der Waals surface area contributed by atoms with Gasteiger partial charge in [-0.15, -0.1) is 0 Å². The van der Waals surface area contributed by atoms with Gasteiger partial charge in [-0.05, 0) is 17.7 Å². The summed E-state index contributed by atoms with van der Waals surface area (Å²) in [6.45, 7) is 1.74. The summed E-state index contributed by atoms with van der Waals surface area (Å²) in [6, 6.07) is 16.8. The first kappa shape index (κ1) is 17.8. The van der Waals surface area contributed by atoms with Crippen LogP contribution in [0.15, 0.2) is 54.6 Å². The summed E-state index contributed by atoms with van der Waals surface area (Å²) in [7, 11) is 1.58. The van der Waals surface area contributed by atoms with Crippen molar-refractivity contribution >= 4 is 17.6 Å². The largest absolute Gasteiger partial charge is 0.497 e. The van der Waals surface area contributed by atoms with E-state index in [-0.39, 0.29) is 17.9 Å². The second-order valence-corrected chi connectivity index (χ2v) is 6.40. The number of urea groups is 1. The quantitative estimate of drug-likeness (QED) is 0.839. The normalized spacial score (nSPS) is 16.4. The van der Waals surface area contributed by atoms with Crippen LogP contribution in [-0.2, 0) is 11.3 Å². The van der Waals surface area contributed by atoms with Crippen LogP contribution in [0.2, 0.25) is 0 Å². The fourth-order valence-electron chi connectivity index (χ4n) is 3.06. The van der Waals surface area contributed by atoms with Gasteiger partial charge in [0, 0.05) is 43.7 Å². The molecule has 136 valence electrons. The van der Waals surface area contributed by atoms with Crippen LogP contribution in [0.4, 0.5) is 10.5 Å². The summed E-state index contributed by atoms with van der Waals surface area (Å²) in [5.74, 6) is 0.942. The zero-order valence-corrected chi connectivity index (χ0v) is 14.8. The highest BCUT2D eigenvalue weighted by molar-refractivity contribution is 5.89. The zero-order valence-electron chi connectivity index (χ0n) is 14.8. The van der Waals surface area contributed by atoms with Crippen molar-refractivity contribution in [1.29, 1.82) is 0 Å². The lowest BCUT2D eigenvalue weighted by molar-refractivity contribution is -0.128. The van der Waals surface area contributed by atoms with E-state index in [1.54, 1.807) is 19.2 Å². The maximum atomic E-state index is 12.2. The fraction of sp³-hybridized carbons (Fsp3) is 0.300. The number of anilines is 1. The second-order valence-electron chi connectivity index (χ2n) is 6.40. The van der Waals surface area contributed by atoms with E-state index in [1.165, 1.54) is 0 Å². The molecule has 2 N–H and O–H groups in total. The minimum atomic E-state index is -0.285. The molecule has 1 aliphatic rings. The van der Waals surface area contributed by atoms with Crippen LogP contribution in [0.5, 0.6) is 5.75 Å². The molecule has 3 amide bonds. The van der Waals surface area contributed by atoms with Crippen molar-refractivity contribution in [2.75, 3.05) is 25.5 Å². The first-order valence-electron chi connectivity index (χ1n) is 8.64. The number of benzene rings is 2. The molecule has 1 heterocycles. The Balaban J connectivity index is 1.46. The van der Waals surface area contributed by atoms with Crippen molar-refractivity contribution in [3.05, 3.63) is 60.2 Å². The number of rotatable bonds is 6. The fourth-order valence-corrected chi connectivity index (χ4v) is 3.06. The lowest BCUT2D eigenvalue weighted by Gasteiger charge is -2.17. The van der Waals surface area contributed by atoms with Crippen molar-refractivity contribution in [3.8, 4) is 5.75 Å². The molecule has 0 spiro atoms. The maximum Gasteiger partial charge on any atom is 0.319 e. The SMILES string of the molecule is COc1cccc(NC(=O)NCC2CC(=O)N(Cc3ccccc3)C2)c1. The first-order chi connectivity index (χ1) is 12.6. The van der Waals surface area contributed by atoms with Crippen molar-refractivity contribution < 1.29 is 14.3 Å². The molecule has 6 nitrogen and oxygen atoms in total. The maximum absolute atomic E-state index is 12.2. The Bertz CT molecular complexity index is 764. The summed E-state index contributed by atoms with van der Waals surface area (Å²) in [6.07, 6.45) is 0.465. The molecule has 1 atom stereocenters. The van der Waals surface area contributed by atoms with E-state index in [1.807, 2.05) is 47.4 Å². The third-order valence-corrected chi connectivity index (χ3v) is 4.39. The predicted octanol–water partition coefficient (Wildman–Crippen LogP) is 2.87. The molecule has 2 aromatic carbocycles. The summed E-state index contributed by atoms with van der Waals surface area (Å²) >= 11 is 0. The average Bonchev–Trinajstić information content (AvgIpc) is 3.00. The van der Waals surface area contributed by atoms with Crippen LogP contribution >= 0.6 is 0 Å². The lowest BCUT2D eigenvalue weighted by Crippen LogP contribution is -2.34. The predicted molar refractivity (Wildman–Crippen MR) is 100.0 cm³/mol.